The maximum absolute atomic E-state index is 12.8. The largest absolute Gasteiger partial charge is 0.345 e. The molecular formula is C20H22IN3O. The lowest BCUT2D eigenvalue weighted by molar-refractivity contribution is 0.0926. The molecule has 1 atom stereocenters. The maximum atomic E-state index is 12.8. The van der Waals surface area contributed by atoms with Crippen LogP contribution in [-0.4, -0.2) is 16.1 Å². The molecule has 3 aromatic rings. The highest BCUT2D eigenvalue weighted by molar-refractivity contribution is 14.1. The molecule has 130 valence electrons. The van der Waals surface area contributed by atoms with Crippen molar-refractivity contribution >= 4 is 39.4 Å². The van der Waals surface area contributed by atoms with Gasteiger partial charge in [0.15, 0.2) is 0 Å². The summed E-state index contributed by atoms with van der Waals surface area (Å²) in [6.07, 6.45) is 0.869. The molecule has 2 N–H and O–H groups in total. The first-order chi connectivity index (χ1) is 11.8. The molecule has 0 fully saturated rings. The van der Waals surface area contributed by atoms with Crippen molar-refractivity contribution in [2.75, 3.05) is 0 Å². The van der Waals surface area contributed by atoms with E-state index in [0.29, 0.717) is 5.56 Å². The molecule has 1 heterocycles. The van der Waals surface area contributed by atoms with Crippen LogP contribution in [0.3, 0.4) is 0 Å². The Labute approximate surface area is 161 Å². The molecule has 0 aliphatic rings. The van der Waals surface area contributed by atoms with E-state index >= 15 is 0 Å². The fourth-order valence-electron chi connectivity index (χ4n) is 2.91. The van der Waals surface area contributed by atoms with E-state index in [0.717, 1.165) is 26.6 Å². The van der Waals surface area contributed by atoms with E-state index in [1.54, 1.807) is 0 Å². The van der Waals surface area contributed by atoms with E-state index in [1.807, 2.05) is 36.4 Å². The summed E-state index contributed by atoms with van der Waals surface area (Å²) in [7, 11) is 0. The van der Waals surface area contributed by atoms with E-state index in [2.05, 4.69) is 71.0 Å². The second-order valence-corrected chi connectivity index (χ2v) is 8.50. The number of aromatic nitrogens is 2. The lowest BCUT2D eigenvalue weighted by Gasteiger charge is -2.27. The minimum atomic E-state index is -0.0583. The van der Waals surface area contributed by atoms with E-state index in [4.69, 9.17) is 0 Å². The normalized spacial score (nSPS) is 13.0. The average molecular weight is 447 g/mol. The molecule has 2 aromatic carbocycles. The number of nitrogens with zero attached hydrogens (tertiary/aromatic N) is 1. The summed E-state index contributed by atoms with van der Waals surface area (Å²) in [5, 5.41) is 11.3. The molecule has 0 radical (unpaired) electrons. The number of benzene rings is 2. The molecule has 1 aromatic heterocycles. The van der Waals surface area contributed by atoms with E-state index < -0.39 is 0 Å². The molecule has 0 saturated heterocycles. The zero-order valence-electron chi connectivity index (χ0n) is 14.6. The second kappa shape index (κ2) is 7.15. The zero-order valence-corrected chi connectivity index (χ0v) is 16.8. The summed E-state index contributed by atoms with van der Waals surface area (Å²) in [6.45, 7) is 6.57. The lowest BCUT2D eigenvalue weighted by atomic mass is 9.85. The number of carbonyl (C=O) groups is 1. The van der Waals surface area contributed by atoms with Gasteiger partial charge in [0.25, 0.3) is 5.91 Å². The Morgan fingerprint density at radius 3 is 2.60 bits per heavy atom. The van der Waals surface area contributed by atoms with Crippen molar-refractivity contribution in [1.29, 1.82) is 0 Å². The SMILES string of the molecule is CC(C)(C)C[C@H](NC(=O)c1ccc2[nH]nc(I)c2c1)c1ccccc1. The van der Waals surface area contributed by atoms with Crippen LogP contribution in [0.25, 0.3) is 10.9 Å². The summed E-state index contributed by atoms with van der Waals surface area (Å²) in [4.78, 5) is 12.8. The molecule has 0 bridgehead atoms. The molecule has 0 spiro atoms. The Hall–Kier alpha value is -1.89. The number of hydrogen-bond acceptors (Lipinski definition) is 2. The predicted octanol–water partition coefficient (Wildman–Crippen LogP) is 5.07. The first-order valence-electron chi connectivity index (χ1n) is 8.33. The molecule has 5 heteroatoms. The predicted molar refractivity (Wildman–Crippen MR) is 110 cm³/mol. The van der Waals surface area contributed by atoms with Crippen LogP contribution >= 0.6 is 22.6 Å². The third-order valence-electron chi connectivity index (χ3n) is 4.10. The fraction of sp³-hybridized carbons (Fsp3) is 0.300. The average Bonchev–Trinajstić information content (AvgIpc) is 2.94. The third-order valence-corrected chi connectivity index (χ3v) is 4.92. The lowest BCUT2D eigenvalue weighted by Crippen LogP contribution is -2.31. The number of aromatic amines is 1. The number of H-pyrrole nitrogens is 1. The van der Waals surface area contributed by atoms with Crippen molar-refractivity contribution in [2.45, 2.75) is 33.2 Å². The van der Waals surface area contributed by atoms with Gasteiger partial charge in [-0.2, -0.15) is 5.10 Å². The van der Waals surface area contributed by atoms with Gasteiger partial charge in [0.2, 0.25) is 0 Å². The Balaban J connectivity index is 1.87. The standard InChI is InChI=1S/C20H22IN3O/c1-20(2,3)12-17(13-7-5-4-6-8-13)22-19(25)14-9-10-16-15(11-14)18(21)24-23-16/h4-11,17H,12H2,1-3H3,(H,22,25)(H,23,24)/t17-/m0/s1. The summed E-state index contributed by atoms with van der Waals surface area (Å²) < 4.78 is 0.872. The van der Waals surface area contributed by atoms with Crippen LogP contribution in [0.15, 0.2) is 48.5 Å². The van der Waals surface area contributed by atoms with E-state index in [1.165, 1.54) is 0 Å². The molecule has 0 aliphatic heterocycles. The van der Waals surface area contributed by atoms with Gasteiger partial charge < -0.3 is 5.32 Å². The van der Waals surface area contributed by atoms with E-state index in [-0.39, 0.29) is 17.4 Å². The van der Waals surface area contributed by atoms with Crippen molar-refractivity contribution in [2.24, 2.45) is 5.41 Å². The first-order valence-corrected chi connectivity index (χ1v) is 9.41. The molecule has 1 amide bonds. The summed E-state index contributed by atoms with van der Waals surface area (Å²) in [5.41, 5.74) is 2.83. The Kier molecular flexibility index (Phi) is 5.13. The minimum Gasteiger partial charge on any atom is -0.345 e. The van der Waals surface area contributed by atoms with Crippen molar-refractivity contribution in [3.63, 3.8) is 0 Å². The van der Waals surface area contributed by atoms with Crippen LogP contribution in [0.2, 0.25) is 0 Å². The van der Waals surface area contributed by atoms with Crippen molar-refractivity contribution in [3.8, 4) is 0 Å². The minimum absolute atomic E-state index is 0.0205. The van der Waals surface area contributed by atoms with Gasteiger partial charge in [-0.15, -0.1) is 0 Å². The zero-order chi connectivity index (χ0) is 18.0. The van der Waals surface area contributed by atoms with Crippen molar-refractivity contribution in [3.05, 3.63) is 63.4 Å². The number of fused-ring (bicyclic) bond motifs is 1. The molecule has 0 aliphatic carbocycles. The van der Waals surface area contributed by atoms with Gasteiger partial charge in [0.1, 0.15) is 3.70 Å². The Bertz CT molecular complexity index is 881. The van der Waals surface area contributed by atoms with Crippen LogP contribution in [0, 0.1) is 9.12 Å². The highest BCUT2D eigenvalue weighted by atomic mass is 127. The first kappa shape index (κ1) is 17.9. The van der Waals surface area contributed by atoms with Gasteiger partial charge in [0, 0.05) is 10.9 Å². The molecule has 25 heavy (non-hydrogen) atoms. The van der Waals surface area contributed by atoms with Gasteiger partial charge in [-0.1, -0.05) is 51.1 Å². The number of carbonyl (C=O) groups excluding carboxylic acids is 1. The molecule has 4 nitrogen and oxygen atoms in total. The topological polar surface area (TPSA) is 57.8 Å². The molecule has 0 unspecified atom stereocenters. The van der Waals surface area contributed by atoms with Crippen LogP contribution in [0.5, 0.6) is 0 Å². The number of nitrogens with one attached hydrogen (secondary N) is 2. The summed E-state index contributed by atoms with van der Waals surface area (Å²) in [6, 6.07) is 15.8. The van der Waals surface area contributed by atoms with Gasteiger partial charge in [-0.05, 0) is 58.2 Å². The fourth-order valence-corrected chi connectivity index (χ4v) is 3.48. The third kappa shape index (κ3) is 4.39. The van der Waals surface area contributed by atoms with Crippen LogP contribution in [0.1, 0.15) is 49.2 Å². The van der Waals surface area contributed by atoms with Gasteiger partial charge in [0.05, 0.1) is 11.6 Å². The van der Waals surface area contributed by atoms with Gasteiger partial charge >= 0.3 is 0 Å². The molecule has 3 rings (SSSR count). The number of halogens is 1. The number of rotatable bonds is 4. The molecular weight excluding hydrogens is 425 g/mol. The van der Waals surface area contributed by atoms with Crippen LogP contribution < -0.4 is 5.32 Å². The molecule has 0 saturated carbocycles. The van der Waals surface area contributed by atoms with Gasteiger partial charge in [-0.25, -0.2) is 0 Å². The van der Waals surface area contributed by atoms with Crippen LogP contribution in [-0.2, 0) is 0 Å². The number of amides is 1. The Morgan fingerprint density at radius 1 is 1.20 bits per heavy atom. The van der Waals surface area contributed by atoms with Gasteiger partial charge in [-0.3, -0.25) is 9.89 Å². The van der Waals surface area contributed by atoms with Crippen molar-refractivity contribution in [1.82, 2.24) is 15.5 Å². The Morgan fingerprint density at radius 2 is 1.92 bits per heavy atom. The summed E-state index contributed by atoms with van der Waals surface area (Å²) >= 11 is 2.17. The highest BCUT2D eigenvalue weighted by Crippen LogP contribution is 2.30. The second-order valence-electron chi connectivity index (χ2n) is 7.48. The quantitative estimate of drug-likeness (QED) is 0.549. The highest BCUT2D eigenvalue weighted by Gasteiger charge is 2.22. The monoisotopic (exact) mass is 447 g/mol. The maximum Gasteiger partial charge on any atom is 0.251 e. The van der Waals surface area contributed by atoms with Crippen molar-refractivity contribution < 1.29 is 4.79 Å². The summed E-state index contributed by atoms with van der Waals surface area (Å²) in [5.74, 6) is -0.0583. The number of hydrogen-bond donors (Lipinski definition) is 2. The van der Waals surface area contributed by atoms with Crippen LogP contribution in [0.4, 0.5) is 0 Å². The van der Waals surface area contributed by atoms with E-state index in [9.17, 15) is 4.79 Å². The smallest absolute Gasteiger partial charge is 0.251 e.